The molecule has 1 aliphatic rings. The Morgan fingerprint density at radius 1 is 0.914 bits per heavy atom. The number of carbonyl (C=O) groups is 1. The number of hydrogen-bond acceptors (Lipinski definition) is 7. The standard InChI is InChI=1S/C27H33N3O5/c1-2-32-16-17-34-19-18-33-15-14-30-20-26(28-29-30)22-8-10-23(11-9-22)35-27(31)25-13-12-24(25)21-6-4-3-5-7-21/h3-11,20,24-25H,2,12-19H2,1H3/t24-,25-/m1/s1. The second kappa shape index (κ2) is 13.1. The summed E-state index contributed by atoms with van der Waals surface area (Å²) in [5.41, 5.74) is 2.87. The van der Waals surface area contributed by atoms with Gasteiger partial charge in [0.05, 0.1) is 51.7 Å². The molecule has 0 aliphatic heterocycles. The highest BCUT2D eigenvalue weighted by molar-refractivity contribution is 5.77. The lowest BCUT2D eigenvalue weighted by Crippen LogP contribution is -2.34. The topological polar surface area (TPSA) is 84.7 Å². The van der Waals surface area contributed by atoms with Crippen LogP contribution in [0.4, 0.5) is 0 Å². The molecule has 0 amide bonds. The van der Waals surface area contributed by atoms with Gasteiger partial charge in [-0.2, -0.15) is 0 Å². The van der Waals surface area contributed by atoms with Crippen molar-refractivity contribution in [2.45, 2.75) is 32.2 Å². The smallest absolute Gasteiger partial charge is 0.314 e. The number of nitrogens with zero attached hydrogens (tertiary/aromatic N) is 3. The number of carbonyl (C=O) groups excluding carboxylic acids is 1. The molecule has 3 aromatic rings. The fraction of sp³-hybridized carbons (Fsp3) is 0.444. The van der Waals surface area contributed by atoms with Gasteiger partial charge in [-0.3, -0.25) is 4.79 Å². The fourth-order valence-electron chi connectivity index (χ4n) is 4.05. The molecule has 0 spiro atoms. The molecule has 1 aromatic heterocycles. The van der Waals surface area contributed by atoms with Gasteiger partial charge in [0, 0.05) is 12.2 Å². The maximum absolute atomic E-state index is 12.7. The molecule has 0 radical (unpaired) electrons. The van der Waals surface area contributed by atoms with Gasteiger partial charge in [0.1, 0.15) is 11.4 Å². The van der Waals surface area contributed by atoms with Crippen LogP contribution in [0.5, 0.6) is 5.75 Å². The van der Waals surface area contributed by atoms with E-state index in [2.05, 4.69) is 22.4 Å². The van der Waals surface area contributed by atoms with Crippen molar-refractivity contribution < 1.29 is 23.7 Å². The van der Waals surface area contributed by atoms with Crippen LogP contribution in [0.1, 0.15) is 31.2 Å². The first kappa shape index (κ1) is 25.0. The largest absolute Gasteiger partial charge is 0.426 e. The average molecular weight is 480 g/mol. The van der Waals surface area contributed by atoms with Gasteiger partial charge in [0.15, 0.2) is 0 Å². The average Bonchev–Trinajstić information content (AvgIpc) is 3.32. The summed E-state index contributed by atoms with van der Waals surface area (Å²) >= 11 is 0. The van der Waals surface area contributed by atoms with Crippen LogP contribution >= 0.6 is 0 Å². The van der Waals surface area contributed by atoms with E-state index in [-0.39, 0.29) is 17.8 Å². The summed E-state index contributed by atoms with van der Waals surface area (Å²) in [5.74, 6) is 0.543. The molecule has 1 heterocycles. The van der Waals surface area contributed by atoms with Crippen molar-refractivity contribution in [1.29, 1.82) is 0 Å². The summed E-state index contributed by atoms with van der Waals surface area (Å²) in [7, 11) is 0. The Hall–Kier alpha value is -3.07. The van der Waals surface area contributed by atoms with Crippen LogP contribution in [0.25, 0.3) is 11.3 Å². The van der Waals surface area contributed by atoms with E-state index in [1.807, 2.05) is 43.5 Å². The summed E-state index contributed by atoms with van der Waals surface area (Å²) < 4.78 is 23.6. The zero-order chi connectivity index (χ0) is 24.3. The Kier molecular flexibility index (Phi) is 9.39. The maximum Gasteiger partial charge on any atom is 0.314 e. The number of rotatable bonds is 14. The second-order valence-electron chi connectivity index (χ2n) is 8.44. The Morgan fingerprint density at radius 2 is 1.63 bits per heavy atom. The molecule has 8 heteroatoms. The highest BCUT2D eigenvalue weighted by atomic mass is 16.5. The first-order valence-electron chi connectivity index (χ1n) is 12.2. The van der Waals surface area contributed by atoms with Gasteiger partial charge < -0.3 is 18.9 Å². The molecule has 1 saturated carbocycles. The minimum atomic E-state index is -0.163. The van der Waals surface area contributed by atoms with Crippen molar-refractivity contribution in [3.8, 4) is 17.0 Å². The molecule has 0 bridgehead atoms. The third kappa shape index (κ3) is 7.21. The minimum absolute atomic E-state index is 0.0826. The van der Waals surface area contributed by atoms with Crippen molar-refractivity contribution >= 4 is 5.97 Å². The quantitative estimate of drug-likeness (QED) is 0.195. The lowest BCUT2D eigenvalue weighted by Gasteiger charge is -2.34. The first-order chi connectivity index (χ1) is 17.2. The lowest BCUT2D eigenvalue weighted by atomic mass is 9.70. The summed E-state index contributed by atoms with van der Waals surface area (Å²) in [5, 5.41) is 8.40. The van der Waals surface area contributed by atoms with Gasteiger partial charge >= 0.3 is 5.97 Å². The summed E-state index contributed by atoms with van der Waals surface area (Å²) in [6.45, 7) is 6.05. The minimum Gasteiger partial charge on any atom is -0.426 e. The zero-order valence-corrected chi connectivity index (χ0v) is 20.2. The normalized spacial score (nSPS) is 17.2. The molecule has 2 aromatic carbocycles. The van der Waals surface area contributed by atoms with Crippen LogP contribution in [-0.4, -0.2) is 60.6 Å². The Balaban J connectivity index is 1.19. The maximum atomic E-state index is 12.7. The molecular weight excluding hydrogens is 446 g/mol. The molecular formula is C27H33N3O5. The molecule has 186 valence electrons. The fourth-order valence-corrected chi connectivity index (χ4v) is 4.05. The van der Waals surface area contributed by atoms with E-state index in [1.54, 1.807) is 16.8 Å². The van der Waals surface area contributed by atoms with E-state index < -0.39 is 0 Å². The zero-order valence-electron chi connectivity index (χ0n) is 20.2. The summed E-state index contributed by atoms with van der Waals surface area (Å²) in [4.78, 5) is 12.7. The van der Waals surface area contributed by atoms with Crippen LogP contribution in [0.3, 0.4) is 0 Å². The third-order valence-electron chi connectivity index (χ3n) is 6.12. The van der Waals surface area contributed by atoms with Crippen molar-refractivity contribution in [3.63, 3.8) is 0 Å². The van der Waals surface area contributed by atoms with Crippen molar-refractivity contribution in [3.05, 3.63) is 66.4 Å². The van der Waals surface area contributed by atoms with Crippen molar-refractivity contribution in [2.75, 3.05) is 39.6 Å². The van der Waals surface area contributed by atoms with E-state index in [0.717, 1.165) is 24.1 Å². The number of aromatic nitrogens is 3. The Labute approximate surface area is 206 Å². The van der Waals surface area contributed by atoms with Gasteiger partial charge in [-0.25, -0.2) is 4.68 Å². The van der Waals surface area contributed by atoms with Crippen LogP contribution in [0.2, 0.25) is 0 Å². The number of ether oxygens (including phenoxy) is 4. The summed E-state index contributed by atoms with van der Waals surface area (Å²) in [6.07, 6.45) is 3.76. The molecule has 1 aliphatic carbocycles. The lowest BCUT2D eigenvalue weighted by molar-refractivity contribution is -0.142. The van der Waals surface area contributed by atoms with Gasteiger partial charge in [0.25, 0.3) is 0 Å². The number of benzene rings is 2. The molecule has 35 heavy (non-hydrogen) atoms. The molecule has 1 fully saturated rings. The van der Waals surface area contributed by atoms with E-state index >= 15 is 0 Å². The molecule has 2 atom stereocenters. The van der Waals surface area contributed by atoms with Gasteiger partial charge in [-0.15, -0.1) is 5.10 Å². The first-order valence-corrected chi connectivity index (χ1v) is 12.2. The van der Waals surface area contributed by atoms with Gasteiger partial charge in [-0.1, -0.05) is 35.5 Å². The number of esters is 1. The van der Waals surface area contributed by atoms with Crippen molar-refractivity contribution in [1.82, 2.24) is 15.0 Å². The van der Waals surface area contributed by atoms with Crippen molar-refractivity contribution in [2.24, 2.45) is 5.92 Å². The van der Waals surface area contributed by atoms with Crippen LogP contribution < -0.4 is 4.74 Å². The summed E-state index contributed by atoms with van der Waals surface area (Å²) in [6, 6.07) is 17.6. The molecule has 8 nitrogen and oxygen atoms in total. The molecule has 0 saturated heterocycles. The van der Waals surface area contributed by atoms with Gasteiger partial charge in [0.2, 0.25) is 0 Å². The highest BCUT2D eigenvalue weighted by Gasteiger charge is 2.38. The van der Waals surface area contributed by atoms with E-state index in [9.17, 15) is 4.79 Å². The van der Waals surface area contributed by atoms with Crippen LogP contribution in [0.15, 0.2) is 60.8 Å². The number of hydrogen-bond donors (Lipinski definition) is 0. The molecule has 0 unspecified atom stereocenters. The molecule has 4 rings (SSSR count). The predicted octanol–water partition coefficient (Wildman–Crippen LogP) is 4.11. The van der Waals surface area contributed by atoms with Gasteiger partial charge in [-0.05, 0) is 55.5 Å². The highest BCUT2D eigenvalue weighted by Crippen LogP contribution is 2.43. The van der Waals surface area contributed by atoms with Crippen LogP contribution in [0, 0.1) is 5.92 Å². The van der Waals surface area contributed by atoms with E-state index in [4.69, 9.17) is 18.9 Å². The molecule has 0 N–H and O–H groups in total. The van der Waals surface area contributed by atoms with E-state index in [0.29, 0.717) is 51.9 Å². The second-order valence-corrected chi connectivity index (χ2v) is 8.44. The Bertz CT molecular complexity index is 1040. The monoisotopic (exact) mass is 479 g/mol. The third-order valence-corrected chi connectivity index (χ3v) is 6.12. The van der Waals surface area contributed by atoms with E-state index in [1.165, 1.54) is 5.56 Å². The van der Waals surface area contributed by atoms with Crippen LogP contribution in [-0.2, 0) is 25.5 Å². The predicted molar refractivity (Wildman–Crippen MR) is 131 cm³/mol. The SMILES string of the molecule is CCOCCOCCOCCn1cc(-c2ccc(OC(=O)[C@@H]3CC[C@@H]3c3ccccc3)cc2)nn1. The Morgan fingerprint density at radius 3 is 2.31 bits per heavy atom.